The van der Waals surface area contributed by atoms with Crippen molar-refractivity contribution < 1.29 is 14.3 Å². The van der Waals surface area contributed by atoms with Crippen molar-refractivity contribution in [1.29, 1.82) is 5.26 Å². The molecule has 1 aliphatic carbocycles. The van der Waals surface area contributed by atoms with Crippen LogP contribution in [0, 0.1) is 11.3 Å². The molecule has 2 aromatic rings. The number of phenolic OH excluding ortho intramolecular Hbond substituents is 1. The van der Waals surface area contributed by atoms with Crippen LogP contribution >= 0.6 is 0 Å². The third-order valence-corrected chi connectivity index (χ3v) is 3.82. The van der Waals surface area contributed by atoms with E-state index in [-0.39, 0.29) is 5.75 Å². The second-order valence-electron chi connectivity index (χ2n) is 5.52. The van der Waals surface area contributed by atoms with Gasteiger partial charge in [0.05, 0.1) is 13.7 Å². The highest BCUT2D eigenvalue weighted by atomic mass is 16.5. The molecule has 1 heterocycles. The van der Waals surface area contributed by atoms with Gasteiger partial charge >= 0.3 is 0 Å². The summed E-state index contributed by atoms with van der Waals surface area (Å²) >= 11 is 0. The van der Waals surface area contributed by atoms with Crippen molar-refractivity contribution >= 4 is 0 Å². The molecule has 0 unspecified atom stereocenters. The first-order chi connectivity index (χ1) is 10.7. The molecule has 0 bridgehead atoms. The van der Waals surface area contributed by atoms with E-state index in [4.69, 9.17) is 14.4 Å². The maximum absolute atomic E-state index is 9.67. The number of rotatable bonds is 6. The zero-order chi connectivity index (χ0) is 15.5. The minimum absolute atomic E-state index is 0.147. The van der Waals surface area contributed by atoms with Gasteiger partial charge in [0, 0.05) is 12.6 Å². The highest BCUT2D eigenvalue weighted by molar-refractivity contribution is 5.41. The van der Waals surface area contributed by atoms with Gasteiger partial charge in [-0.2, -0.15) is 5.26 Å². The van der Waals surface area contributed by atoms with E-state index in [9.17, 15) is 5.11 Å². The molecule has 5 heteroatoms. The molecule has 0 saturated heterocycles. The molecule has 1 aromatic carbocycles. The molecule has 1 aliphatic rings. The van der Waals surface area contributed by atoms with Gasteiger partial charge in [-0.15, -0.1) is 0 Å². The molecule has 0 amide bonds. The topological polar surface area (TPSA) is 69.6 Å². The van der Waals surface area contributed by atoms with Gasteiger partial charge < -0.3 is 14.3 Å². The third-order valence-electron chi connectivity index (χ3n) is 3.82. The summed E-state index contributed by atoms with van der Waals surface area (Å²) in [6.07, 6.45) is 2.36. The van der Waals surface area contributed by atoms with Crippen molar-refractivity contribution in [2.24, 2.45) is 0 Å². The Morgan fingerprint density at radius 1 is 1.32 bits per heavy atom. The van der Waals surface area contributed by atoms with Gasteiger partial charge in [0.1, 0.15) is 11.8 Å². The van der Waals surface area contributed by atoms with Crippen LogP contribution in [-0.4, -0.2) is 23.2 Å². The van der Waals surface area contributed by atoms with Gasteiger partial charge in [0.15, 0.2) is 11.5 Å². The van der Waals surface area contributed by atoms with Crippen LogP contribution in [0.3, 0.4) is 0 Å². The number of furan rings is 1. The lowest BCUT2D eigenvalue weighted by Gasteiger charge is -2.21. The Balaban J connectivity index is 1.73. The molecular formula is C17H18N2O3. The first kappa shape index (κ1) is 14.5. The van der Waals surface area contributed by atoms with E-state index in [0.717, 1.165) is 17.9 Å². The van der Waals surface area contributed by atoms with Crippen molar-refractivity contribution in [1.82, 2.24) is 4.90 Å². The smallest absolute Gasteiger partial charge is 0.203 e. The minimum atomic E-state index is 0.147. The molecule has 3 rings (SSSR count). The third kappa shape index (κ3) is 3.23. The molecule has 0 aliphatic heterocycles. The van der Waals surface area contributed by atoms with Crippen LogP contribution in [-0.2, 0) is 13.1 Å². The summed E-state index contributed by atoms with van der Waals surface area (Å²) in [6, 6.07) is 11.5. The number of aromatic hydroxyl groups is 1. The van der Waals surface area contributed by atoms with Crippen LogP contribution in [0.4, 0.5) is 0 Å². The highest BCUT2D eigenvalue weighted by Gasteiger charge is 2.29. The minimum Gasteiger partial charge on any atom is -0.504 e. The van der Waals surface area contributed by atoms with E-state index >= 15 is 0 Å². The second-order valence-corrected chi connectivity index (χ2v) is 5.52. The Hall–Kier alpha value is -2.45. The summed E-state index contributed by atoms with van der Waals surface area (Å²) < 4.78 is 10.6. The van der Waals surface area contributed by atoms with Crippen molar-refractivity contribution in [3.8, 4) is 17.6 Å². The van der Waals surface area contributed by atoms with Crippen LogP contribution in [0.1, 0.15) is 29.9 Å². The fourth-order valence-electron chi connectivity index (χ4n) is 2.53. The van der Waals surface area contributed by atoms with Gasteiger partial charge in [-0.25, -0.2) is 0 Å². The summed E-state index contributed by atoms with van der Waals surface area (Å²) in [7, 11) is 1.55. The van der Waals surface area contributed by atoms with Crippen LogP contribution in [0.2, 0.25) is 0 Å². The van der Waals surface area contributed by atoms with Gasteiger partial charge in [0.25, 0.3) is 0 Å². The number of methoxy groups -OCH3 is 1. The second kappa shape index (κ2) is 6.12. The Morgan fingerprint density at radius 3 is 2.77 bits per heavy atom. The maximum Gasteiger partial charge on any atom is 0.203 e. The van der Waals surface area contributed by atoms with Gasteiger partial charge in [-0.1, -0.05) is 6.07 Å². The molecule has 0 spiro atoms. The summed E-state index contributed by atoms with van der Waals surface area (Å²) in [5, 5.41) is 18.5. The predicted octanol–water partition coefficient (Wildman–Crippen LogP) is 3.03. The SMILES string of the molecule is COc1cc(CN(Cc2ccc(C#N)o2)C2CC2)ccc1O. The zero-order valence-corrected chi connectivity index (χ0v) is 12.5. The number of hydrogen-bond donors (Lipinski definition) is 1. The Bertz CT molecular complexity index is 698. The number of ether oxygens (including phenoxy) is 1. The van der Waals surface area contributed by atoms with E-state index in [0.29, 0.717) is 24.1 Å². The molecule has 1 fully saturated rings. The lowest BCUT2D eigenvalue weighted by Crippen LogP contribution is -2.24. The standard InChI is InChI=1S/C17H18N2O3/c1-21-17-8-12(2-7-16(17)20)10-19(13-3-4-13)11-15-6-5-14(9-18)22-15/h2,5-8,13,20H,3-4,10-11H2,1H3. The summed E-state index contributed by atoms with van der Waals surface area (Å²) in [4.78, 5) is 2.33. The summed E-state index contributed by atoms with van der Waals surface area (Å²) in [5.41, 5.74) is 1.08. The van der Waals surface area contributed by atoms with Gasteiger partial charge in [-0.3, -0.25) is 4.90 Å². The van der Waals surface area contributed by atoms with Gasteiger partial charge in [0.2, 0.25) is 5.76 Å². The first-order valence-corrected chi connectivity index (χ1v) is 7.28. The number of benzene rings is 1. The molecule has 0 atom stereocenters. The normalized spacial score (nSPS) is 14.0. The van der Waals surface area contributed by atoms with Crippen LogP contribution in [0.5, 0.6) is 11.5 Å². The maximum atomic E-state index is 9.67. The Morgan fingerprint density at radius 2 is 2.14 bits per heavy atom. The number of nitrogens with zero attached hydrogens (tertiary/aromatic N) is 2. The van der Waals surface area contributed by atoms with Crippen molar-refractivity contribution in [2.75, 3.05) is 7.11 Å². The molecular weight excluding hydrogens is 280 g/mol. The van der Waals surface area contributed by atoms with Crippen LogP contribution in [0.15, 0.2) is 34.7 Å². The Kier molecular flexibility index (Phi) is 4.03. The van der Waals surface area contributed by atoms with Crippen LogP contribution < -0.4 is 4.74 Å². The molecule has 5 nitrogen and oxygen atoms in total. The Labute approximate surface area is 129 Å². The lowest BCUT2D eigenvalue weighted by atomic mass is 10.2. The number of hydrogen-bond acceptors (Lipinski definition) is 5. The largest absolute Gasteiger partial charge is 0.504 e. The van der Waals surface area contributed by atoms with E-state index in [1.165, 1.54) is 12.8 Å². The van der Waals surface area contributed by atoms with Crippen molar-refractivity contribution in [2.45, 2.75) is 32.0 Å². The van der Waals surface area contributed by atoms with Gasteiger partial charge in [-0.05, 0) is 42.7 Å². The monoisotopic (exact) mass is 298 g/mol. The lowest BCUT2D eigenvalue weighted by molar-refractivity contribution is 0.224. The average Bonchev–Trinajstić information content (AvgIpc) is 3.28. The highest BCUT2D eigenvalue weighted by Crippen LogP contribution is 2.32. The zero-order valence-electron chi connectivity index (χ0n) is 12.5. The molecule has 114 valence electrons. The number of phenols is 1. The predicted molar refractivity (Wildman–Crippen MR) is 80.4 cm³/mol. The fourth-order valence-corrected chi connectivity index (χ4v) is 2.53. The molecule has 1 aromatic heterocycles. The van der Waals surface area contributed by atoms with Crippen LogP contribution in [0.25, 0.3) is 0 Å². The van der Waals surface area contributed by atoms with E-state index in [1.807, 2.05) is 24.3 Å². The van der Waals surface area contributed by atoms with E-state index < -0.39 is 0 Å². The fraction of sp³-hybridized carbons (Fsp3) is 0.353. The van der Waals surface area contributed by atoms with Crippen molar-refractivity contribution in [3.63, 3.8) is 0 Å². The first-order valence-electron chi connectivity index (χ1n) is 7.28. The average molecular weight is 298 g/mol. The quantitative estimate of drug-likeness (QED) is 0.887. The summed E-state index contributed by atoms with van der Waals surface area (Å²) in [5.74, 6) is 1.78. The molecule has 1 N–H and O–H groups in total. The van der Waals surface area contributed by atoms with E-state index in [1.54, 1.807) is 19.2 Å². The van der Waals surface area contributed by atoms with Crippen molar-refractivity contribution in [3.05, 3.63) is 47.4 Å². The molecule has 0 radical (unpaired) electrons. The summed E-state index contributed by atoms with van der Waals surface area (Å²) in [6.45, 7) is 1.43. The number of nitriles is 1. The molecule has 1 saturated carbocycles. The van der Waals surface area contributed by atoms with E-state index in [2.05, 4.69) is 4.90 Å². The molecule has 22 heavy (non-hydrogen) atoms.